The zero-order valence-corrected chi connectivity index (χ0v) is 10.7. The van der Waals surface area contributed by atoms with Crippen LogP contribution in [0.3, 0.4) is 0 Å². The van der Waals surface area contributed by atoms with Crippen LogP contribution in [0.4, 0.5) is 0 Å². The Morgan fingerprint density at radius 1 is 1.50 bits per heavy atom. The Morgan fingerprint density at radius 2 is 2.19 bits per heavy atom. The van der Waals surface area contributed by atoms with Gasteiger partial charge in [-0.2, -0.15) is 0 Å². The van der Waals surface area contributed by atoms with Crippen molar-refractivity contribution in [3.8, 4) is 0 Å². The molecule has 4 heteroatoms. The van der Waals surface area contributed by atoms with Gasteiger partial charge in [-0.05, 0) is 39.3 Å². The molecule has 1 saturated carbocycles. The van der Waals surface area contributed by atoms with Crippen LogP contribution in [0.15, 0.2) is 4.99 Å². The van der Waals surface area contributed by atoms with Crippen LogP contribution in [0.2, 0.25) is 0 Å². The smallest absolute Gasteiger partial charge is 0.191 e. The van der Waals surface area contributed by atoms with Crippen molar-refractivity contribution in [3.05, 3.63) is 0 Å². The molecule has 0 saturated heterocycles. The summed E-state index contributed by atoms with van der Waals surface area (Å²) >= 11 is 0. The van der Waals surface area contributed by atoms with E-state index in [1.807, 2.05) is 0 Å². The third-order valence-corrected chi connectivity index (χ3v) is 4.05. The maximum Gasteiger partial charge on any atom is 0.191 e. The van der Waals surface area contributed by atoms with Gasteiger partial charge < -0.3 is 15.5 Å². The Hall–Kier alpha value is -0.770. The molecule has 1 aliphatic carbocycles. The van der Waals surface area contributed by atoms with E-state index in [9.17, 15) is 0 Å². The zero-order chi connectivity index (χ0) is 11.8. The molecule has 0 bridgehead atoms. The van der Waals surface area contributed by atoms with Gasteiger partial charge >= 0.3 is 0 Å². The fourth-order valence-electron chi connectivity index (χ4n) is 2.82. The molecule has 0 aromatic rings. The van der Waals surface area contributed by atoms with Gasteiger partial charge in [0.2, 0.25) is 0 Å². The predicted molar refractivity (Wildman–Crippen MR) is 67.5 cm³/mol. The first-order valence-corrected chi connectivity index (χ1v) is 6.32. The van der Waals surface area contributed by atoms with Crippen molar-refractivity contribution in [1.82, 2.24) is 9.80 Å². The average molecular weight is 224 g/mol. The van der Waals surface area contributed by atoms with E-state index in [0.29, 0.717) is 0 Å². The monoisotopic (exact) mass is 224 g/mol. The van der Waals surface area contributed by atoms with Crippen LogP contribution in [0.25, 0.3) is 0 Å². The lowest BCUT2D eigenvalue weighted by atomic mass is 9.89. The van der Waals surface area contributed by atoms with Gasteiger partial charge in [0, 0.05) is 13.1 Å². The zero-order valence-electron chi connectivity index (χ0n) is 10.7. The second-order valence-electron chi connectivity index (χ2n) is 5.36. The van der Waals surface area contributed by atoms with Gasteiger partial charge in [-0.15, -0.1) is 0 Å². The average Bonchev–Trinajstić information content (AvgIpc) is 3.03. The fraction of sp³-hybridized carbons (Fsp3) is 0.917. The number of rotatable bonds is 5. The van der Waals surface area contributed by atoms with Crippen molar-refractivity contribution in [2.75, 3.05) is 33.7 Å². The van der Waals surface area contributed by atoms with E-state index >= 15 is 0 Å². The van der Waals surface area contributed by atoms with E-state index < -0.39 is 0 Å². The molecule has 1 aliphatic heterocycles. The normalized spacial score (nSPS) is 30.0. The molecule has 0 aromatic carbocycles. The van der Waals surface area contributed by atoms with Gasteiger partial charge in [-0.25, -0.2) is 0 Å². The highest BCUT2D eigenvalue weighted by molar-refractivity contribution is 5.81. The molecule has 1 unspecified atom stereocenters. The first-order chi connectivity index (χ1) is 7.60. The Labute approximate surface area is 98.5 Å². The molecule has 2 aliphatic rings. The third kappa shape index (κ3) is 1.90. The number of likely N-dealkylation sites (N-methyl/N-ethyl adjacent to an activating group) is 1. The van der Waals surface area contributed by atoms with Crippen molar-refractivity contribution < 1.29 is 0 Å². The van der Waals surface area contributed by atoms with Gasteiger partial charge in [0.05, 0.1) is 12.1 Å². The minimum atomic E-state index is 0.250. The molecular formula is C12H24N4. The molecule has 1 fully saturated rings. The van der Waals surface area contributed by atoms with E-state index in [4.69, 9.17) is 5.73 Å². The van der Waals surface area contributed by atoms with Crippen molar-refractivity contribution in [2.24, 2.45) is 16.6 Å². The number of aliphatic imine (C=N–C) groups is 1. The van der Waals surface area contributed by atoms with Crippen LogP contribution >= 0.6 is 0 Å². The standard InChI is InChI=1S/C12H24N4/c1-4-12(10-5-6-10)9-14-11(13)16(12)8-7-15(2)3/h10H,4-9H2,1-3H3,(H2,13,14). The van der Waals surface area contributed by atoms with Crippen LogP contribution in [0.5, 0.6) is 0 Å². The molecule has 2 N–H and O–H groups in total. The Kier molecular flexibility index (Phi) is 3.10. The third-order valence-electron chi connectivity index (χ3n) is 4.05. The quantitative estimate of drug-likeness (QED) is 0.749. The van der Waals surface area contributed by atoms with Gasteiger partial charge in [0.15, 0.2) is 5.96 Å². The maximum atomic E-state index is 6.04. The van der Waals surface area contributed by atoms with Crippen LogP contribution in [-0.2, 0) is 0 Å². The molecule has 0 amide bonds. The minimum absolute atomic E-state index is 0.250. The lowest BCUT2D eigenvalue weighted by Gasteiger charge is -2.39. The number of nitrogens with two attached hydrogens (primary N) is 1. The summed E-state index contributed by atoms with van der Waals surface area (Å²) in [5, 5.41) is 0. The Bertz CT molecular complexity index is 283. The van der Waals surface area contributed by atoms with Crippen LogP contribution in [0.1, 0.15) is 26.2 Å². The summed E-state index contributed by atoms with van der Waals surface area (Å²) in [7, 11) is 4.21. The summed E-state index contributed by atoms with van der Waals surface area (Å²) in [5.74, 6) is 1.58. The van der Waals surface area contributed by atoms with Gasteiger partial charge in [-0.3, -0.25) is 4.99 Å². The lowest BCUT2D eigenvalue weighted by Crippen LogP contribution is -2.54. The topological polar surface area (TPSA) is 44.9 Å². The SMILES string of the molecule is CCC1(C2CC2)CN=C(N)N1CCN(C)C. The number of hydrogen-bond acceptors (Lipinski definition) is 4. The largest absolute Gasteiger partial charge is 0.370 e. The summed E-state index contributed by atoms with van der Waals surface area (Å²) in [6, 6.07) is 0. The first kappa shape index (κ1) is 11.7. The highest BCUT2D eigenvalue weighted by atomic mass is 15.4. The predicted octanol–water partition coefficient (Wildman–Crippen LogP) is 0.737. The molecule has 92 valence electrons. The van der Waals surface area contributed by atoms with Crippen LogP contribution < -0.4 is 5.73 Å². The minimum Gasteiger partial charge on any atom is -0.370 e. The molecule has 4 nitrogen and oxygen atoms in total. The van der Waals surface area contributed by atoms with E-state index in [0.717, 1.165) is 37.9 Å². The number of hydrogen-bond donors (Lipinski definition) is 1. The van der Waals surface area contributed by atoms with E-state index in [-0.39, 0.29) is 5.54 Å². The fourth-order valence-corrected chi connectivity index (χ4v) is 2.82. The molecule has 2 rings (SSSR count). The Balaban J connectivity index is 2.07. The van der Waals surface area contributed by atoms with E-state index in [1.165, 1.54) is 12.8 Å². The summed E-state index contributed by atoms with van der Waals surface area (Å²) in [4.78, 5) is 9.06. The molecule has 0 spiro atoms. The molecule has 0 radical (unpaired) electrons. The van der Waals surface area contributed by atoms with Crippen molar-refractivity contribution in [1.29, 1.82) is 0 Å². The van der Waals surface area contributed by atoms with Crippen LogP contribution in [0, 0.1) is 5.92 Å². The molecule has 1 atom stereocenters. The van der Waals surface area contributed by atoms with Crippen molar-refractivity contribution >= 4 is 5.96 Å². The number of guanidine groups is 1. The first-order valence-electron chi connectivity index (χ1n) is 6.32. The van der Waals surface area contributed by atoms with Gasteiger partial charge in [0.1, 0.15) is 0 Å². The van der Waals surface area contributed by atoms with Crippen LogP contribution in [-0.4, -0.2) is 55.0 Å². The second-order valence-corrected chi connectivity index (χ2v) is 5.36. The molecule has 1 heterocycles. The van der Waals surface area contributed by atoms with Crippen molar-refractivity contribution in [3.63, 3.8) is 0 Å². The number of nitrogens with zero attached hydrogens (tertiary/aromatic N) is 3. The Morgan fingerprint density at radius 3 is 2.69 bits per heavy atom. The lowest BCUT2D eigenvalue weighted by molar-refractivity contribution is 0.152. The highest BCUT2D eigenvalue weighted by Crippen LogP contribution is 2.46. The van der Waals surface area contributed by atoms with Crippen molar-refractivity contribution in [2.45, 2.75) is 31.7 Å². The summed E-state index contributed by atoms with van der Waals surface area (Å²) in [5.41, 5.74) is 6.29. The van der Waals surface area contributed by atoms with E-state index in [2.05, 4.69) is 35.8 Å². The second kappa shape index (κ2) is 4.24. The maximum absolute atomic E-state index is 6.04. The molecule has 0 aromatic heterocycles. The van der Waals surface area contributed by atoms with Gasteiger partial charge in [0.25, 0.3) is 0 Å². The molecular weight excluding hydrogens is 200 g/mol. The van der Waals surface area contributed by atoms with Gasteiger partial charge in [-0.1, -0.05) is 6.92 Å². The summed E-state index contributed by atoms with van der Waals surface area (Å²) in [6.45, 7) is 5.24. The van der Waals surface area contributed by atoms with E-state index in [1.54, 1.807) is 0 Å². The summed E-state index contributed by atoms with van der Waals surface area (Å²) < 4.78 is 0. The molecule has 16 heavy (non-hydrogen) atoms. The summed E-state index contributed by atoms with van der Waals surface area (Å²) in [6.07, 6.45) is 3.87. The highest BCUT2D eigenvalue weighted by Gasteiger charge is 2.51.